The summed E-state index contributed by atoms with van der Waals surface area (Å²) in [4.78, 5) is 12.8. The van der Waals surface area contributed by atoms with Gasteiger partial charge < -0.3 is 4.90 Å². The van der Waals surface area contributed by atoms with Crippen molar-refractivity contribution in [3.8, 4) is 11.1 Å². The van der Waals surface area contributed by atoms with Gasteiger partial charge in [0.2, 0.25) is 0 Å². The molecule has 0 saturated heterocycles. The van der Waals surface area contributed by atoms with Crippen molar-refractivity contribution in [3.05, 3.63) is 108 Å². The maximum Gasteiger partial charge on any atom is 0.150 e. The lowest BCUT2D eigenvalue weighted by atomic mass is 9.88. The van der Waals surface area contributed by atoms with Crippen molar-refractivity contribution in [2.45, 2.75) is 27.2 Å². The quantitative estimate of drug-likeness (QED) is 0.259. The Balaban J connectivity index is 2.04. The Morgan fingerprint density at radius 2 is 1.52 bits per heavy atom. The van der Waals surface area contributed by atoms with Crippen LogP contribution >= 0.6 is 0 Å². The molecule has 0 atom stereocenters. The van der Waals surface area contributed by atoms with Gasteiger partial charge in [-0.15, -0.1) is 0 Å². The number of nitrogens with zero attached hydrogens (tertiary/aromatic N) is 1. The molecule has 0 radical (unpaired) electrons. The first-order valence-corrected chi connectivity index (χ1v) is 10.8. The molecule has 3 rings (SSSR count). The van der Waals surface area contributed by atoms with Crippen LogP contribution in [-0.4, -0.2) is 12.8 Å². The van der Waals surface area contributed by atoms with Crippen molar-refractivity contribution >= 4 is 17.7 Å². The number of anilines is 1. The van der Waals surface area contributed by atoms with Gasteiger partial charge in [0.05, 0.1) is 5.56 Å². The minimum atomic E-state index is -0.660. The van der Waals surface area contributed by atoms with E-state index in [0.29, 0.717) is 12.1 Å². The van der Waals surface area contributed by atoms with Crippen molar-refractivity contribution < 1.29 is 13.6 Å². The molecule has 0 aromatic heterocycles. The topological polar surface area (TPSA) is 20.3 Å². The van der Waals surface area contributed by atoms with Gasteiger partial charge in [0.25, 0.3) is 0 Å². The SMILES string of the molecule is C=C(CN(C(=C)c1c(F)cccc1F)c1cccc(-c2ccc(C=O)cc2)c1)CC(C)(C)C. The lowest BCUT2D eigenvalue weighted by Gasteiger charge is -2.30. The molecule has 3 aromatic rings. The van der Waals surface area contributed by atoms with Crippen LogP contribution in [0.5, 0.6) is 0 Å². The van der Waals surface area contributed by atoms with E-state index in [1.807, 2.05) is 36.4 Å². The average molecular weight is 446 g/mol. The first kappa shape index (κ1) is 24.1. The van der Waals surface area contributed by atoms with Gasteiger partial charge in [0, 0.05) is 23.5 Å². The average Bonchev–Trinajstić information content (AvgIpc) is 2.76. The molecule has 2 nitrogen and oxygen atoms in total. The molecule has 0 fully saturated rings. The van der Waals surface area contributed by atoms with Gasteiger partial charge in [-0.3, -0.25) is 4.79 Å². The zero-order chi connectivity index (χ0) is 24.2. The van der Waals surface area contributed by atoms with Crippen LogP contribution < -0.4 is 4.90 Å². The predicted octanol–water partition coefficient (Wildman–Crippen LogP) is 7.91. The highest BCUT2D eigenvalue weighted by atomic mass is 19.1. The number of halogens is 2. The van der Waals surface area contributed by atoms with Crippen molar-refractivity contribution in [2.75, 3.05) is 11.4 Å². The summed E-state index contributed by atoms with van der Waals surface area (Å²) in [5.41, 5.74) is 4.22. The lowest BCUT2D eigenvalue weighted by Crippen LogP contribution is -2.26. The molecule has 0 saturated carbocycles. The second kappa shape index (κ2) is 9.95. The van der Waals surface area contributed by atoms with E-state index in [9.17, 15) is 13.6 Å². The highest BCUT2D eigenvalue weighted by molar-refractivity contribution is 5.82. The Morgan fingerprint density at radius 3 is 2.09 bits per heavy atom. The van der Waals surface area contributed by atoms with Gasteiger partial charge in [-0.05, 0) is 47.2 Å². The Labute approximate surface area is 194 Å². The Morgan fingerprint density at radius 1 is 0.909 bits per heavy atom. The monoisotopic (exact) mass is 445 g/mol. The molecule has 0 spiro atoms. The van der Waals surface area contributed by atoms with Gasteiger partial charge in [-0.25, -0.2) is 8.78 Å². The van der Waals surface area contributed by atoms with E-state index in [0.717, 1.165) is 35.1 Å². The number of rotatable bonds is 8. The van der Waals surface area contributed by atoms with Crippen LogP contribution in [0.4, 0.5) is 14.5 Å². The van der Waals surface area contributed by atoms with Crippen LogP contribution in [0.2, 0.25) is 0 Å². The van der Waals surface area contributed by atoms with Crippen LogP contribution in [0.25, 0.3) is 16.8 Å². The second-order valence-electron chi connectivity index (χ2n) is 9.41. The summed E-state index contributed by atoms with van der Waals surface area (Å²) in [6.07, 6.45) is 1.55. The molecule has 33 heavy (non-hydrogen) atoms. The van der Waals surface area contributed by atoms with Crippen molar-refractivity contribution in [2.24, 2.45) is 5.41 Å². The van der Waals surface area contributed by atoms with Gasteiger partial charge in [0.15, 0.2) is 0 Å². The van der Waals surface area contributed by atoms with Crippen molar-refractivity contribution in [1.82, 2.24) is 0 Å². The highest BCUT2D eigenvalue weighted by Crippen LogP contribution is 2.33. The second-order valence-corrected chi connectivity index (χ2v) is 9.41. The van der Waals surface area contributed by atoms with Crippen molar-refractivity contribution in [3.63, 3.8) is 0 Å². The largest absolute Gasteiger partial charge is 0.337 e. The fourth-order valence-corrected chi connectivity index (χ4v) is 3.89. The number of carbonyl (C=O) groups is 1. The van der Waals surface area contributed by atoms with E-state index in [2.05, 4.69) is 33.9 Å². The zero-order valence-electron chi connectivity index (χ0n) is 19.4. The number of carbonyl (C=O) groups excluding carboxylic acids is 1. The normalized spacial score (nSPS) is 11.2. The fourth-order valence-electron chi connectivity index (χ4n) is 3.89. The Kier molecular flexibility index (Phi) is 7.27. The van der Waals surface area contributed by atoms with Gasteiger partial charge in [-0.2, -0.15) is 0 Å². The molecular weight excluding hydrogens is 416 g/mol. The molecule has 0 aliphatic heterocycles. The van der Waals surface area contributed by atoms with E-state index >= 15 is 0 Å². The summed E-state index contributed by atoms with van der Waals surface area (Å²) >= 11 is 0. The van der Waals surface area contributed by atoms with E-state index in [1.54, 1.807) is 17.0 Å². The summed E-state index contributed by atoms with van der Waals surface area (Å²) in [6, 6.07) is 18.7. The number of hydrogen-bond donors (Lipinski definition) is 0. The first-order chi connectivity index (χ1) is 15.6. The molecular formula is C29H29F2NO. The molecule has 0 heterocycles. The molecule has 0 N–H and O–H groups in total. The standard InChI is InChI=1S/C29H29F2NO/c1-20(17-29(3,4)5)18-32(21(2)28-26(30)10-7-11-27(28)31)25-9-6-8-24(16-25)23-14-12-22(19-33)13-15-23/h6-16,19H,1-2,17-18H2,3-5H3. The highest BCUT2D eigenvalue weighted by Gasteiger charge is 2.22. The minimum Gasteiger partial charge on any atom is -0.337 e. The maximum absolute atomic E-state index is 14.6. The molecule has 0 amide bonds. The smallest absolute Gasteiger partial charge is 0.150 e. The van der Waals surface area contributed by atoms with E-state index in [4.69, 9.17) is 0 Å². The van der Waals surface area contributed by atoms with Gasteiger partial charge in [-0.1, -0.05) is 82.0 Å². The van der Waals surface area contributed by atoms with Crippen LogP contribution in [0.1, 0.15) is 43.1 Å². The van der Waals surface area contributed by atoms with Crippen molar-refractivity contribution in [1.29, 1.82) is 0 Å². The van der Waals surface area contributed by atoms with Crippen LogP contribution in [0.15, 0.2) is 85.5 Å². The molecule has 0 aliphatic rings. The molecule has 0 aliphatic carbocycles. The molecule has 0 unspecified atom stereocenters. The summed E-state index contributed by atoms with van der Waals surface area (Å²) in [6.45, 7) is 15.0. The fraction of sp³-hybridized carbons (Fsp3) is 0.207. The third-order valence-electron chi connectivity index (χ3n) is 5.28. The van der Waals surface area contributed by atoms with Gasteiger partial charge >= 0.3 is 0 Å². The third-order valence-corrected chi connectivity index (χ3v) is 5.28. The maximum atomic E-state index is 14.6. The van der Waals surface area contributed by atoms with E-state index < -0.39 is 11.6 Å². The molecule has 4 heteroatoms. The predicted molar refractivity (Wildman–Crippen MR) is 133 cm³/mol. The molecule has 170 valence electrons. The van der Waals surface area contributed by atoms with Crippen LogP contribution in [-0.2, 0) is 0 Å². The Hall–Kier alpha value is -3.53. The van der Waals surface area contributed by atoms with Crippen LogP contribution in [0, 0.1) is 17.0 Å². The number of aldehydes is 1. The number of hydrogen-bond acceptors (Lipinski definition) is 2. The van der Waals surface area contributed by atoms with Crippen LogP contribution in [0.3, 0.4) is 0 Å². The summed E-state index contributed by atoms with van der Waals surface area (Å²) in [5.74, 6) is -1.32. The zero-order valence-corrected chi connectivity index (χ0v) is 19.4. The molecule has 3 aromatic carbocycles. The Bertz CT molecular complexity index is 1150. The van der Waals surface area contributed by atoms with E-state index in [1.165, 1.54) is 18.2 Å². The lowest BCUT2D eigenvalue weighted by molar-refractivity contribution is 0.112. The summed E-state index contributed by atoms with van der Waals surface area (Å²) in [5, 5.41) is 0. The minimum absolute atomic E-state index is 0.0233. The first-order valence-electron chi connectivity index (χ1n) is 10.8. The van der Waals surface area contributed by atoms with Gasteiger partial charge in [0.1, 0.15) is 17.9 Å². The summed E-state index contributed by atoms with van der Waals surface area (Å²) < 4.78 is 29.2. The summed E-state index contributed by atoms with van der Waals surface area (Å²) in [7, 11) is 0. The van der Waals surface area contributed by atoms with E-state index in [-0.39, 0.29) is 16.7 Å². The third kappa shape index (κ3) is 6.04. The number of benzene rings is 3. The molecule has 0 bridgehead atoms.